The van der Waals surface area contributed by atoms with Gasteiger partial charge >= 0.3 is 0 Å². The second-order valence-electron chi connectivity index (χ2n) is 3.76. The third-order valence-corrected chi connectivity index (χ3v) is 2.46. The molecule has 0 aromatic rings. The van der Waals surface area contributed by atoms with Gasteiger partial charge in [0.25, 0.3) is 0 Å². The monoisotopic (exact) mass is 184 g/mol. The minimum atomic E-state index is 0.528. The van der Waals surface area contributed by atoms with Gasteiger partial charge in [0.1, 0.15) is 0 Å². The van der Waals surface area contributed by atoms with E-state index >= 15 is 0 Å². The molecule has 0 bridgehead atoms. The van der Waals surface area contributed by atoms with Crippen LogP contribution in [-0.2, 0) is 0 Å². The van der Waals surface area contributed by atoms with Crippen LogP contribution in [0.1, 0.15) is 13.3 Å². The van der Waals surface area contributed by atoms with Gasteiger partial charge in [0.2, 0.25) is 0 Å². The minimum Gasteiger partial charge on any atom is -0.370 e. The second kappa shape index (κ2) is 4.46. The van der Waals surface area contributed by atoms with Crippen molar-refractivity contribution in [2.45, 2.75) is 19.4 Å². The van der Waals surface area contributed by atoms with Crippen LogP contribution >= 0.6 is 0 Å². The van der Waals surface area contributed by atoms with E-state index in [9.17, 15) is 0 Å². The van der Waals surface area contributed by atoms with Crippen molar-refractivity contribution in [3.63, 3.8) is 0 Å². The Labute approximate surface area is 80.4 Å². The van der Waals surface area contributed by atoms with E-state index in [1.165, 1.54) is 0 Å². The highest BCUT2D eigenvalue weighted by atomic mass is 15.3. The Kier molecular flexibility index (Phi) is 3.54. The highest BCUT2D eigenvalue weighted by Gasteiger charge is 2.23. The van der Waals surface area contributed by atoms with Crippen molar-refractivity contribution in [3.05, 3.63) is 0 Å². The summed E-state index contributed by atoms with van der Waals surface area (Å²) in [5.41, 5.74) is 5.79. The molecule has 1 aliphatic heterocycles. The normalized spacial score (nSPS) is 22.6. The van der Waals surface area contributed by atoms with Crippen molar-refractivity contribution in [1.29, 1.82) is 0 Å². The molecular formula is C9H20N4. The summed E-state index contributed by atoms with van der Waals surface area (Å²) in [5, 5.41) is 0. The second-order valence-corrected chi connectivity index (χ2v) is 3.76. The molecule has 0 spiro atoms. The zero-order chi connectivity index (χ0) is 9.84. The molecule has 0 aromatic carbocycles. The van der Waals surface area contributed by atoms with Crippen LogP contribution in [0.15, 0.2) is 4.99 Å². The van der Waals surface area contributed by atoms with Crippen LogP contribution in [0.4, 0.5) is 0 Å². The largest absolute Gasteiger partial charge is 0.370 e. The van der Waals surface area contributed by atoms with Crippen LogP contribution in [0.25, 0.3) is 0 Å². The fourth-order valence-corrected chi connectivity index (χ4v) is 1.53. The van der Waals surface area contributed by atoms with Crippen molar-refractivity contribution in [1.82, 2.24) is 9.80 Å². The maximum absolute atomic E-state index is 5.79. The van der Waals surface area contributed by atoms with Crippen LogP contribution < -0.4 is 5.73 Å². The average molecular weight is 184 g/mol. The highest BCUT2D eigenvalue weighted by Crippen LogP contribution is 2.10. The first-order valence-corrected chi connectivity index (χ1v) is 4.86. The van der Waals surface area contributed by atoms with E-state index in [-0.39, 0.29) is 0 Å². The molecule has 0 aliphatic carbocycles. The van der Waals surface area contributed by atoms with E-state index < -0.39 is 0 Å². The summed E-state index contributed by atoms with van der Waals surface area (Å²) in [7, 11) is 4.15. The number of guanidine groups is 1. The SMILES string of the molecule is CCC1CN=C(N)N1CCN(C)C. The number of hydrogen-bond acceptors (Lipinski definition) is 4. The Balaban J connectivity index is 2.41. The molecule has 0 saturated heterocycles. The zero-order valence-corrected chi connectivity index (χ0v) is 8.82. The molecule has 0 saturated carbocycles. The van der Waals surface area contributed by atoms with E-state index in [4.69, 9.17) is 5.73 Å². The van der Waals surface area contributed by atoms with Crippen LogP contribution in [-0.4, -0.2) is 55.5 Å². The van der Waals surface area contributed by atoms with Crippen LogP contribution in [0.3, 0.4) is 0 Å². The first-order chi connectivity index (χ1) is 6.15. The molecule has 4 nitrogen and oxygen atoms in total. The molecule has 0 aromatic heterocycles. The molecule has 1 unspecified atom stereocenters. The van der Waals surface area contributed by atoms with Crippen LogP contribution in [0.2, 0.25) is 0 Å². The lowest BCUT2D eigenvalue weighted by molar-refractivity contribution is 0.285. The van der Waals surface area contributed by atoms with Crippen molar-refractivity contribution in [2.75, 3.05) is 33.7 Å². The Morgan fingerprint density at radius 1 is 1.62 bits per heavy atom. The van der Waals surface area contributed by atoms with Gasteiger partial charge in [-0.3, -0.25) is 4.99 Å². The maximum Gasteiger partial charge on any atom is 0.191 e. The van der Waals surface area contributed by atoms with Gasteiger partial charge in [-0.2, -0.15) is 0 Å². The minimum absolute atomic E-state index is 0.528. The summed E-state index contributed by atoms with van der Waals surface area (Å²) in [6, 6.07) is 0.528. The molecule has 0 fully saturated rings. The molecule has 1 rings (SSSR count). The van der Waals surface area contributed by atoms with Gasteiger partial charge in [-0.1, -0.05) is 6.92 Å². The predicted octanol–water partition coefficient (Wildman–Crippen LogP) is -0.0431. The molecule has 1 atom stereocenters. The molecule has 0 amide bonds. The average Bonchev–Trinajstić information content (AvgIpc) is 2.43. The number of hydrogen-bond donors (Lipinski definition) is 1. The van der Waals surface area contributed by atoms with Crippen LogP contribution in [0, 0.1) is 0 Å². The van der Waals surface area contributed by atoms with E-state index in [0.29, 0.717) is 12.0 Å². The van der Waals surface area contributed by atoms with E-state index in [2.05, 4.69) is 35.8 Å². The number of likely N-dealkylation sites (N-methyl/N-ethyl adjacent to an activating group) is 1. The van der Waals surface area contributed by atoms with Gasteiger partial charge in [-0.15, -0.1) is 0 Å². The Morgan fingerprint density at radius 3 is 2.85 bits per heavy atom. The van der Waals surface area contributed by atoms with Gasteiger partial charge < -0.3 is 15.5 Å². The summed E-state index contributed by atoms with van der Waals surface area (Å²) in [6.07, 6.45) is 1.12. The standard InChI is InChI=1S/C9H20N4/c1-4-8-7-11-9(10)13(8)6-5-12(2)3/h8H,4-7H2,1-3H3,(H2,10,11). The first-order valence-electron chi connectivity index (χ1n) is 4.86. The number of rotatable bonds is 4. The fraction of sp³-hybridized carbons (Fsp3) is 0.889. The fourth-order valence-electron chi connectivity index (χ4n) is 1.53. The lowest BCUT2D eigenvalue weighted by Gasteiger charge is -2.26. The molecule has 1 aliphatic rings. The highest BCUT2D eigenvalue weighted by molar-refractivity contribution is 5.80. The lowest BCUT2D eigenvalue weighted by atomic mass is 10.2. The molecule has 2 N–H and O–H groups in total. The van der Waals surface area contributed by atoms with E-state index in [1.807, 2.05) is 0 Å². The van der Waals surface area contributed by atoms with Gasteiger partial charge in [0, 0.05) is 13.1 Å². The van der Waals surface area contributed by atoms with Crippen molar-refractivity contribution < 1.29 is 0 Å². The van der Waals surface area contributed by atoms with Crippen molar-refractivity contribution >= 4 is 5.96 Å². The molecule has 76 valence electrons. The Bertz CT molecular complexity index is 188. The van der Waals surface area contributed by atoms with Gasteiger partial charge in [0.15, 0.2) is 5.96 Å². The quantitative estimate of drug-likeness (QED) is 0.666. The molecule has 0 radical (unpaired) electrons. The topological polar surface area (TPSA) is 44.9 Å². The number of nitrogens with zero attached hydrogens (tertiary/aromatic N) is 3. The number of nitrogens with two attached hydrogens (primary N) is 1. The van der Waals surface area contributed by atoms with Gasteiger partial charge in [-0.05, 0) is 20.5 Å². The van der Waals surface area contributed by atoms with Gasteiger partial charge in [0.05, 0.1) is 12.6 Å². The van der Waals surface area contributed by atoms with Crippen molar-refractivity contribution in [3.8, 4) is 0 Å². The summed E-state index contributed by atoms with van der Waals surface area (Å²) < 4.78 is 0. The van der Waals surface area contributed by atoms with Crippen molar-refractivity contribution in [2.24, 2.45) is 10.7 Å². The lowest BCUT2D eigenvalue weighted by Crippen LogP contribution is -2.43. The summed E-state index contributed by atoms with van der Waals surface area (Å²) >= 11 is 0. The smallest absolute Gasteiger partial charge is 0.191 e. The predicted molar refractivity (Wildman–Crippen MR) is 55.8 cm³/mol. The zero-order valence-electron chi connectivity index (χ0n) is 8.82. The third kappa shape index (κ3) is 2.59. The maximum atomic E-state index is 5.79. The third-order valence-electron chi connectivity index (χ3n) is 2.46. The molecule has 4 heteroatoms. The van der Waals surface area contributed by atoms with Crippen LogP contribution in [0.5, 0.6) is 0 Å². The Morgan fingerprint density at radius 2 is 2.31 bits per heavy atom. The van der Waals surface area contributed by atoms with E-state index in [1.54, 1.807) is 0 Å². The molecule has 13 heavy (non-hydrogen) atoms. The van der Waals surface area contributed by atoms with E-state index in [0.717, 1.165) is 26.1 Å². The number of aliphatic imine (C=N–C) groups is 1. The summed E-state index contributed by atoms with van der Waals surface area (Å²) in [5.74, 6) is 0.716. The Hall–Kier alpha value is -0.770. The molecular weight excluding hydrogens is 164 g/mol. The molecule has 1 heterocycles. The summed E-state index contributed by atoms with van der Waals surface area (Å²) in [6.45, 7) is 5.07. The van der Waals surface area contributed by atoms with Gasteiger partial charge in [-0.25, -0.2) is 0 Å². The summed E-state index contributed by atoms with van der Waals surface area (Å²) in [4.78, 5) is 8.62. The first kappa shape index (κ1) is 10.3.